The zero-order valence-corrected chi connectivity index (χ0v) is 23.8. The first-order valence-electron chi connectivity index (χ1n) is 14.1. The second-order valence-corrected chi connectivity index (χ2v) is 15.8. The lowest BCUT2D eigenvalue weighted by atomic mass is 9.45. The van der Waals surface area contributed by atoms with Crippen molar-refractivity contribution < 1.29 is 18.7 Å². The third kappa shape index (κ3) is 4.21. The van der Waals surface area contributed by atoms with Gasteiger partial charge in [0.15, 0.2) is 5.34 Å². The van der Waals surface area contributed by atoms with Gasteiger partial charge in [0, 0.05) is 14.2 Å². The first-order chi connectivity index (χ1) is 15.9. The summed E-state index contributed by atoms with van der Waals surface area (Å²) < 4.78 is 23.6. The van der Waals surface area contributed by atoms with E-state index in [2.05, 4.69) is 40.7 Å². The van der Waals surface area contributed by atoms with Crippen molar-refractivity contribution >= 4 is 7.60 Å². The Morgan fingerprint density at radius 2 is 1.68 bits per heavy atom. The number of hydrogen-bond donors (Lipinski definition) is 1. The lowest BCUT2D eigenvalue weighted by Crippen LogP contribution is -2.54. The fraction of sp³-hybridized carbons (Fsp3) is 0.931. The van der Waals surface area contributed by atoms with E-state index >= 15 is 0 Å². The van der Waals surface area contributed by atoms with Crippen LogP contribution in [0.1, 0.15) is 98.8 Å². The number of fused-ring (bicyclic) bond motifs is 5. The molecule has 0 saturated heterocycles. The summed E-state index contributed by atoms with van der Waals surface area (Å²) in [4.78, 5) is 0. The molecular formula is C29H51O4P. The molecule has 0 unspecified atom stereocenters. The van der Waals surface area contributed by atoms with Gasteiger partial charge in [-0.05, 0) is 103 Å². The Morgan fingerprint density at radius 3 is 2.32 bits per heavy atom. The zero-order valence-electron chi connectivity index (χ0n) is 22.9. The molecule has 9 atom stereocenters. The van der Waals surface area contributed by atoms with Gasteiger partial charge in [0.05, 0.1) is 0 Å². The smallest absolute Gasteiger partial charge is 0.365 e. The molecule has 0 amide bonds. The van der Waals surface area contributed by atoms with Crippen molar-refractivity contribution in [1.29, 1.82) is 0 Å². The standard InChI is InChI=1S/C29H51O4P/c1-20(2)9-8-10-21(3)24-13-14-25-23-12-11-22-19-29(30,34(31,32-6)33-7)18-17-27(22,4)26(23)15-16-28(24,25)5/h17-18,20-26,30H,8-16,19H2,1-7H3/t21-,22+,23+,24-,25+,26+,27+,28-,29-/m1/s1. The molecule has 4 rings (SSSR count). The molecule has 0 spiro atoms. The van der Waals surface area contributed by atoms with Crippen LogP contribution in [0.2, 0.25) is 0 Å². The Balaban J connectivity index is 1.52. The third-order valence-electron chi connectivity index (χ3n) is 11.4. The molecule has 0 radical (unpaired) electrons. The number of aliphatic hydroxyl groups is 1. The van der Waals surface area contributed by atoms with Crippen molar-refractivity contribution in [3.05, 3.63) is 12.2 Å². The molecule has 3 saturated carbocycles. The average molecular weight is 495 g/mol. The van der Waals surface area contributed by atoms with Crippen molar-refractivity contribution in [3.8, 4) is 0 Å². The summed E-state index contributed by atoms with van der Waals surface area (Å²) in [5.41, 5.74) is 0.548. The highest BCUT2D eigenvalue weighted by molar-refractivity contribution is 7.55. The monoisotopic (exact) mass is 494 g/mol. The van der Waals surface area contributed by atoms with Crippen LogP contribution in [-0.4, -0.2) is 24.7 Å². The quantitative estimate of drug-likeness (QED) is 0.274. The molecule has 0 bridgehead atoms. The molecule has 0 aliphatic heterocycles. The number of allylic oxidation sites excluding steroid dienone is 1. The van der Waals surface area contributed by atoms with Crippen LogP contribution in [0.3, 0.4) is 0 Å². The average Bonchev–Trinajstić information content (AvgIpc) is 3.16. The van der Waals surface area contributed by atoms with Crippen LogP contribution < -0.4 is 0 Å². The van der Waals surface area contributed by atoms with Gasteiger partial charge in [-0.25, -0.2) is 0 Å². The molecule has 34 heavy (non-hydrogen) atoms. The first-order valence-corrected chi connectivity index (χ1v) is 15.6. The highest BCUT2D eigenvalue weighted by atomic mass is 31.2. The summed E-state index contributed by atoms with van der Waals surface area (Å²) in [6.45, 7) is 12.3. The van der Waals surface area contributed by atoms with Gasteiger partial charge in [-0.3, -0.25) is 4.57 Å². The van der Waals surface area contributed by atoms with Gasteiger partial charge in [0.1, 0.15) is 0 Å². The molecule has 196 valence electrons. The fourth-order valence-electron chi connectivity index (χ4n) is 9.41. The first kappa shape index (κ1) is 26.9. The van der Waals surface area contributed by atoms with Gasteiger partial charge in [-0.15, -0.1) is 0 Å². The van der Waals surface area contributed by atoms with Crippen molar-refractivity contribution in [1.82, 2.24) is 0 Å². The van der Waals surface area contributed by atoms with Gasteiger partial charge >= 0.3 is 7.60 Å². The molecular weight excluding hydrogens is 443 g/mol. The van der Waals surface area contributed by atoms with Crippen LogP contribution in [0.5, 0.6) is 0 Å². The Kier molecular flexibility index (Phi) is 7.61. The van der Waals surface area contributed by atoms with E-state index in [1.807, 2.05) is 0 Å². The summed E-state index contributed by atoms with van der Waals surface area (Å²) in [6.07, 6.45) is 16.4. The van der Waals surface area contributed by atoms with E-state index in [0.717, 1.165) is 36.0 Å². The number of rotatable bonds is 8. The van der Waals surface area contributed by atoms with Crippen LogP contribution in [0, 0.1) is 52.3 Å². The van der Waals surface area contributed by atoms with Crippen molar-refractivity contribution in [2.45, 2.75) is 104 Å². The molecule has 5 heteroatoms. The minimum Gasteiger partial charge on any atom is -0.374 e. The topological polar surface area (TPSA) is 55.8 Å². The summed E-state index contributed by atoms with van der Waals surface area (Å²) in [7, 11) is -0.837. The maximum absolute atomic E-state index is 13.1. The minimum atomic E-state index is -3.59. The SMILES string of the molecule is COP(=O)(OC)[C@]1(O)C=C[C@@]2(C)[C@@H](CC[C@@H]3[C@@H]2CC[C@]2(C)[C@@H]([C@H](C)CCCC(C)C)CC[C@@H]32)C1. The van der Waals surface area contributed by atoms with E-state index in [-0.39, 0.29) is 5.41 Å². The molecule has 0 aromatic heterocycles. The van der Waals surface area contributed by atoms with E-state index in [1.54, 1.807) is 6.08 Å². The van der Waals surface area contributed by atoms with Crippen molar-refractivity contribution in [3.63, 3.8) is 0 Å². The lowest BCUT2D eigenvalue weighted by molar-refractivity contribution is -0.0952. The Morgan fingerprint density at radius 1 is 0.971 bits per heavy atom. The second kappa shape index (κ2) is 9.62. The van der Waals surface area contributed by atoms with E-state index in [1.165, 1.54) is 65.6 Å². The van der Waals surface area contributed by atoms with Gasteiger partial charge in [0.25, 0.3) is 0 Å². The van der Waals surface area contributed by atoms with Gasteiger partial charge < -0.3 is 14.2 Å². The van der Waals surface area contributed by atoms with Crippen molar-refractivity contribution in [2.24, 2.45) is 52.3 Å². The lowest BCUT2D eigenvalue weighted by Gasteiger charge is -2.60. The second-order valence-electron chi connectivity index (χ2n) is 13.3. The van der Waals surface area contributed by atoms with Gasteiger partial charge in [-0.1, -0.05) is 60.0 Å². The van der Waals surface area contributed by atoms with Crippen LogP contribution >= 0.6 is 7.60 Å². The maximum atomic E-state index is 13.1. The summed E-state index contributed by atoms with van der Waals surface area (Å²) in [5, 5.41) is 9.82. The zero-order chi connectivity index (χ0) is 24.9. The molecule has 1 N–H and O–H groups in total. The summed E-state index contributed by atoms with van der Waals surface area (Å²) >= 11 is 0. The predicted molar refractivity (Wildman–Crippen MR) is 140 cm³/mol. The van der Waals surface area contributed by atoms with E-state index in [4.69, 9.17) is 9.05 Å². The highest BCUT2D eigenvalue weighted by Crippen LogP contribution is 2.70. The molecule has 4 aliphatic rings. The highest BCUT2D eigenvalue weighted by Gasteiger charge is 2.62. The fourth-order valence-corrected chi connectivity index (χ4v) is 10.9. The van der Waals surface area contributed by atoms with Crippen LogP contribution in [-0.2, 0) is 13.6 Å². The largest absolute Gasteiger partial charge is 0.374 e. The summed E-state index contributed by atoms with van der Waals surface area (Å²) in [5.74, 6) is 5.11. The van der Waals surface area contributed by atoms with E-state index < -0.39 is 12.9 Å². The molecule has 4 nitrogen and oxygen atoms in total. The summed E-state index contributed by atoms with van der Waals surface area (Å²) in [6, 6.07) is 0. The van der Waals surface area contributed by atoms with E-state index in [9.17, 15) is 9.67 Å². The maximum Gasteiger partial charge on any atom is 0.365 e. The Hall–Kier alpha value is -0.150. The van der Waals surface area contributed by atoms with Crippen LogP contribution in [0.4, 0.5) is 0 Å². The van der Waals surface area contributed by atoms with Gasteiger partial charge in [0.2, 0.25) is 0 Å². The Bertz CT molecular complexity index is 802. The normalized spacial score (nSPS) is 45.0. The molecule has 4 aliphatic carbocycles. The van der Waals surface area contributed by atoms with E-state index in [0.29, 0.717) is 23.7 Å². The molecule has 3 fully saturated rings. The minimum absolute atomic E-state index is 0.0593. The Labute approximate surface area is 209 Å². The number of hydrogen-bond acceptors (Lipinski definition) is 4. The molecule has 0 aromatic carbocycles. The molecule has 0 aromatic rings. The van der Waals surface area contributed by atoms with Crippen LogP contribution in [0.15, 0.2) is 12.2 Å². The van der Waals surface area contributed by atoms with Crippen molar-refractivity contribution in [2.75, 3.05) is 14.2 Å². The third-order valence-corrected chi connectivity index (χ3v) is 13.6. The van der Waals surface area contributed by atoms with Crippen LogP contribution in [0.25, 0.3) is 0 Å². The molecule has 0 heterocycles. The van der Waals surface area contributed by atoms with Gasteiger partial charge in [-0.2, -0.15) is 0 Å². The predicted octanol–water partition coefficient (Wildman–Crippen LogP) is 8.06.